The average molecular weight is 490 g/mol. The Morgan fingerprint density at radius 2 is 1.92 bits per heavy atom. The van der Waals surface area contributed by atoms with Crippen LogP contribution in [0.4, 0.5) is 4.39 Å². The van der Waals surface area contributed by atoms with Gasteiger partial charge in [0.2, 0.25) is 5.91 Å². The Labute approximate surface area is 209 Å². The summed E-state index contributed by atoms with van der Waals surface area (Å²) in [6, 6.07) is 14.8. The summed E-state index contributed by atoms with van der Waals surface area (Å²) in [7, 11) is 0. The number of para-hydroxylation sites is 1. The Morgan fingerprint density at radius 1 is 1.11 bits per heavy atom. The molecule has 2 aromatic heterocycles. The molecule has 3 heterocycles. The number of piperidine rings is 1. The average Bonchev–Trinajstić information content (AvgIpc) is 3.20. The highest BCUT2D eigenvalue weighted by atomic mass is 19.1. The van der Waals surface area contributed by atoms with Gasteiger partial charge in [0.1, 0.15) is 17.9 Å². The number of rotatable bonds is 8. The normalized spacial score (nSPS) is 16.6. The van der Waals surface area contributed by atoms with Crippen LogP contribution in [0.5, 0.6) is 0 Å². The van der Waals surface area contributed by atoms with Crippen molar-refractivity contribution in [3.8, 4) is 0 Å². The maximum atomic E-state index is 14.5. The fourth-order valence-corrected chi connectivity index (χ4v) is 5.26. The van der Waals surface area contributed by atoms with Crippen LogP contribution in [0, 0.1) is 5.82 Å². The molecule has 188 valence electrons. The number of nitrogens with one attached hydrogen (secondary N) is 1. The Bertz CT molecular complexity index is 1440. The van der Waals surface area contributed by atoms with Gasteiger partial charge >= 0.3 is 0 Å². The Morgan fingerprint density at radius 3 is 2.75 bits per heavy atom. The summed E-state index contributed by atoms with van der Waals surface area (Å²) < 4.78 is 17.5. The van der Waals surface area contributed by atoms with Gasteiger partial charge in [-0.1, -0.05) is 42.8 Å². The fraction of sp³-hybridized carbons (Fsp3) is 0.393. The number of carbonyl (C=O) groups excluding carboxylic acids is 1. The van der Waals surface area contributed by atoms with Gasteiger partial charge < -0.3 is 14.8 Å². The third-order valence-electron chi connectivity index (χ3n) is 7.24. The highest BCUT2D eigenvalue weighted by Crippen LogP contribution is 2.27. The number of nitrogens with zero attached hydrogens (tertiary/aromatic N) is 4. The summed E-state index contributed by atoms with van der Waals surface area (Å²) in [5, 5.41) is 8.79. The molecule has 1 aliphatic rings. The number of likely N-dealkylation sites (tertiary alicyclic amines) is 1. The largest absolute Gasteiger partial charge is 0.354 e. The lowest BCUT2D eigenvalue weighted by Gasteiger charge is -2.33. The number of amides is 1. The lowest BCUT2D eigenvalue weighted by Crippen LogP contribution is -2.40. The van der Waals surface area contributed by atoms with Crippen LogP contribution in [0.3, 0.4) is 0 Å². The number of carbonyl (C=O) groups is 1. The molecule has 0 saturated carbocycles. The second-order valence-electron chi connectivity index (χ2n) is 9.65. The van der Waals surface area contributed by atoms with E-state index in [1.54, 1.807) is 24.4 Å². The van der Waals surface area contributed by atoms with Gasteiger partial charge in [-0.15, -0.1) is 0 Å². The SMILES string of the molecule is CC1CCCCN1CCCNC(=O)Cn1ncc2c3ccccc3n(Cc3ccccc3F)c2c1=O. The predicted octanol–water partition coefficient (Wildman–Crippen LogP) is 3.92. The van der Waals surface area contributed by atoms with Crippen LogP contribution in [-0.4, -0.2) is 50.8 Å². The molecule has 1 atom stereocenters. The molecule has 1 saturated heterocycles. The van der Waals surface area contributed by atoms with Crippen LogP contribution in [0.25, 0.3) is 21.8 Å². The van der Waals surface area contributed by atoms with E-state index in [9.17, 15) is 14.0 Å². The van der Waals surface area contributed by atoms with E-state index >= 15 is 0 Å². The molecule has 1 fully saturated rings. The Kier molecular flexibility index (Phi) is 7.13. The molecule has 1 unspecified atom stereocenters. The Hall–Kier alpha value is -3.52. The zero-order valence-electron chi connectivity index (χ0n) is 20.6. The lowest BCUT2D eigenvalue weighted by atomic mass is 10.0. The van der Waals surface area contributed by atoms with Gasteiger partial charge in [-0.2, -0.15) is 5.10 Å². The molecule has 2 aromatic carbocycles. The van der Waals surface area contributed by atoms with E-state index in [1.165, 1.54) is 30.0 Å². The van der Waals surface area contributed by atoms with E-state index in [0.29, 0.717) is 29.1 Å². The first kappa shape index (κ1) is 24.2. The molecule has 5 rings (SSSR count). The van der Waals surface area contributed by atoms with Crippen LogP contribution < -0.4 is 10.9 Å². The molecular formula is C28H32FN5O2. The fourth-order valence-electron chi connectivity index (χ4n) is 5.26. The number of fused-ring (bicyclic) bond motifs is 3. The van der Waals surface area contributed by atoms with E-state index in [0.717, 1.165) is 30.4 Å². The molecule has 0 aliphatic carbocycles. The maximum absolute atomic E-state index is 14.5. The number of benzene rings is 2. The molecule has 1 N–H and O–H groups in total. The second kappa shape index (κ2) is 10.6. The number of halogens is 1. The first-order valence-corrected chi connectivity index (χ1v) is 12.7. The van der Waals surface area contributed by atoms with Crippen molar-refractivity contribution in [1.29, 1.82) is 0 Å². The van der Waals surface area contributed by atoms with Crippen LogP contribution in [0.2, 0.25) is 0 Å². The van der Waals surface area contributed by atoms with E-state index in [-0.39, 0.29) is 30.4 Å². The smallest absolute Gasteiger partial charge is 0.291 e. The minimum Gasteiger partial charge on any atom is -0.354 e. The van der Waals surface area contributed by atoms with Crippen LogP contribution in [-0.2, 0) is 17.9 Å². The molecule has 36 heavy (non-hydrogen) atoms. The molecule has 8 heteroatoms. The molecule has 0 radical (unpaired) electrons. The van der Waals surface area contributed by atoms with Gasteiger partial charge in [-0.3, -0.25) is 9.59 Å². The van der Waals surface area contributed by atoms with Crippen molar-refractivity contribution in [2.24, 2.45) is 0 Å². The molecule has 4 aromatic rings. The van der Waals surface area contributed by atoms with Gasteiger partial charge in [0.05, 0.1) is 12.7 Å². The van der Waals surface area contributed by atoms with Crippen molar-refractivity contribution in [3.05, 3.63) is 76.5 Å². The van der Waals surface area contributed by atoms with E-state index in [1.807, 2.05) is 28.8 Å². The van der Waals surface area contributed by atoms with E-state index < -0.39 is 0 Å². The zero-order valence-corrected chi connectivity index (χ0v) is 20.6. The standard InChI is InChI=1S/C28H32FN5O2/c1-20-9-6-7-15-32(20)16-8-14-30-26(35)19-34-28(36)27-23(17-31-34)22-11-3-5-13-25(22)33(27)18-21-10-2-4-12-24(21)29/h2-5,10-13,17,20H,6-9,14-16,18-19H2,1H3,(H,30,35). The quantitative estimate of drug-likeness (QED) is 0.381. The van der Waals surface area contributed by atoms with Crippen molar-refractivity contribution in [3.63, 3.8) is 0 Å². The lowest BCUT2D eigenvalue weighted by molar-refractivity contribution is -0.121. The van der Waals surface area contributed by atoms with E-state index in [2.05, 4.69) is 22.2 Å². The van der Waals surface area contributed by atoms with Crippen molar-refractivity contribution in [2.75, 3.05) is 19.6 Å². The van der Waals surface area contributed by atoms with Gasteiger partial charge in [-0.25, -0.2) is 9.07 Å². The molecule has 1 amide bonds. The van der Waals surface area contributed by atoms with Gasteiger partial charge in [-0.05, 0) is 44.9 Å². The summed E-state index contributed by atoms with van der Waals surface area (Å²) in [6.07, 6.45) is 6.26. The number of hydrogen-bond donors (Lipinski definition) is 1. The van der Waals surface area contributed by atoms with Gasteiger partial charge in [0, 0.05) is 41.0 Å². The van der Waals surface area contributed by atoms with Crippen molar-refractivity contribution in [2.45, 2.75) is 51.7 Å². The molecular weight excluding hydrogens is 457 g/mol. The van der Waals surface area contributed by atoms with Crippen molar-refractivity contribution >= 4 is 27.7 Å². The van der Waals surface area contributed by atoms with Gasteiger partial charge in [0.15, 0.2) is 0 Å². The zero-order chi connectivity index (χ0) is 25.1. The summed E-state index contributed by atoms with van der Waals surface area (Å²) >= 11 is 0. The molecule has 7 nitrogen and oxygen atoms in total. The monoisotopic (exact) mass is 489 g/mol. The predicted molar refractivity (Wildman–Crippen MR) is 140 cm³/mol. The van der Waals surface area contributed by atoms with Crippen molar-refractivity contribution < 1.29 is 9.18 Å². The van der Waals surface area contributed by atoms with Crippen LogP contribution in [0.1, 0.15) is 38.2 Å². The molecule has 1 aliphatic heterocycles. The van der Waals surface area contributed by atoms with Gasteiger partial charge in [0.25, 0.3) is 5.56 Å². The Balaban J connectivity index is 1.35. The number of hydrogen-bond acceptors (Lipinski definition) is 4. The molecule has 0 bridgehead atoms. The first-order valence-electron chi connectivity index (χ1n) is 12.7. The minimum absolute atomic E-state index is 0.157. The highest BCUT2D eigenvalue weighted by Gasteiger charge is 2.19. The van der Waals surface area contributed by atoms with Crippen LogP contribution >= 0.6 is 0 Å². The summed E-state index contributed by atoms with van der Waals surface area (Å²) in [6.45, 7) is 4.95. The molecule has 0 spiro atoms. The van der Waals surface area contributed by atoms with Crippen LogP contribution in [0.15, 0.2) is 59.5 Å². The first-order chi connectivity index (χ1) is 17.5. The summed E-state index contributed by atoms with van der Waals surface area (Å²) in [5.74, 6) is -0.566. The topological polar surface area (TPSA) is 72.2 Å². The maximum Gasteiger partial charge on any atom is 0.291 e. The second-order valence-corrected chi connectivity index (χ2v) is 9.65. The number of aromatic nitrogens is 3. The summed E-state index contributed by atoms with van der Waals surface area (Å²) in [5.41, 5.74) is 1.37. The van der Waals surface area contributed by atoms with Crippen molar-refractivity contribution in [1.82, 2.24) is 24.6 Å². The third kappa shape index (κ3) is 4.91. The third-order valence-corrected chi connectivity index (χ3v) is 7.24. The van der Waals surface area contributed by atoms with E-state index in [4.69, 9.17) is 0 Å². The summed E-state index contributed by atoms with van der Waals surface area (Å²) in [4.78, 5) is 28.6. The minimum atomic E-state index is -0.364. The highest BCUT2D eigenvalue weighted by molar-refractivity contribution is 6.07.